The van der Waals surface area contributed by atoms with E-state index in [9.17, 15) is 20.3 Å². The molecule has 0 bridgehead atoms. The Kier molecular flexibility index (Phi) is 3.77. The van der Waals surface area contributed by atoms with Gasteiger partial charge in [-0.25, -0.2) is 0 Å². The maximum absolute atomic E-state index is 9.85. The molecule has 0 aromatic rings. The number of ether oxygens (including phenoxy) is 1. The fraction of sp³-hybridized carbons (Fsp3) is 1.00. The molecular formula is C6H11NO8. The Morgan fingerprint density at radius 1 is 1.20 bits per heavy atom. The summed E-state index contributed by atoms with van der Waals surface area (Å²) in [6.07, 6.45) is -7.86. The number of hydrogen-bond acceptors (Lipinski definition) is 8. The monoisotopic (exact) mass is 225 g/mol. The molecule has 0 amide bonds. The Balaban J connectivity index is 2.54. The molecule has 1 fully saturated rings. The van der Waals surface area contributed by atoms with Crippen molar-refractivity contribution in [2.45, 2.75) is 30.7 Å². The first-order valence-electron chi connectivity index (χ1n) is 4.08. The molecule has 5 atom stereocenters. The van der Waals surface area contributed by atoms with Gasteiger partial charge < -0.3 is 30.0 Å². The van der Waals surface area contributed by atoms with Crippen LogP contribution in [0.2, 0.25) is 0 Å². The molecule has 0 saturated carbocycles. The second kappa shape index (κ2) is 4.68. The Morgan fingerprint density at radius 3 is 2.33 bits per heavy atom. The van der Waals surface area contributed by atoms with Gasteiger partial charge >= 0.3 is 0 Å². The molecule has 0 aromatic heterocycles. The zero-order chi connectivity index (χ0) is 11.6. The second-order valence-corrected chi connectivity index (χ2v) is 3.06. The van der Waals surface area contributed by atoms with Gasteiger partial charge in [0.2, 0.25) is 0 Å². The van der Waals surface area contributed by atoms with E-state index < -0.39 is 42.4 Å². The van der Waals surface area contributed by atoms with Crippen LogP contribution in [-0.4, -0.2) is 62.8 Å². The number of rotatable bonds is 3. The zero-order valence-corrected chi connectivity index (χ0v) is 7.46. The van der Waals surface area contributed by atoms with Gasteiger partial charge in [0.1, 0.15) is 31.0 Å². The van der Waals surface area contributed by atoms with E-state index in [0.717, 1.165) is 0 Å². The van der Waals surface area contributed by atoms with E-state index >= 15 is 0 Å². The van der Waals surface area contributed by atoms with Crippen molar-refractivity contribution < 1.29 is 35.1 Å². The Hall–Kier alpha value is -1.00. The first kappa shape index (κ1) is 12.1. The summed E-state index contributed by atoms with van der Waals surface area (Å²) in [6.45, 7) is -0.644. The molecule has 4 N–H and O–H groups in total. The van der Waals surface area contributed by atoms with Crippen molar-refractivity contribution in [2.24, 2.45) is 0 Å². The van der Waals surface area contributed by atoms with E-state index in [1.807, 2.05) is 0 Å². The lowest BCUT2D eigenvalue weighted by atomic mass is 9.99. The minimum atomic E-state index is -1.72. The van der Waals surface area contributed by atoms with E-state index in [2.05, 4.69) is 9.57 Å². The van der Waals surface area contributed by atoms with Gasteiger partial charge in [-0.05, 0) is 0 Å². The molecule has 1 aliphatic heterocycles. The third-order valence-electron chi connectivity index (χ3n) is 2.03. The molecule has 0 unspecified atom stereocenters. The van der Waals surface area contributed by atoms with Crippen molar-refractivity contribution >= 4 is 0 Å². The molecule has 15 heavy (non-hydrogen) atoms. The standard InChI is InChI=1S/C6H11NO8/c8-3-2(1-14-7(12)13)15-6(11)5(10)4(3)9/h2-6,8-11H,1H2/t2-,3-,4+,5+,6-/m1/s1. The Bertz CT molecular complexity index is 235. The molecule has 1 rings (SSSR count). The van der Waals surface area contributed by atoms with Gasteiger partial charge in [0.15, 0.2) is 6.29 Å². The van der Waals surface area contributed by atoms with Crippen molar-refractivity contribution in [1.29, 1.82) is 0 Å². The highest BCUT2D eigenvalue weighted by Gasteiger charge is 2.43. The van der Waals surface area contributed by atoms with Gasteiger partial charge in [0.05, 0.1) is 0 Å². The van der Waals surface area contributed by atoms with Crippen molar-refractivity contribution in [2.75, 3.05) is 6.61 Å². The van der Waals surface area contributed by atoms with Crippen LogP contribution in [0.25, 0.3) is 0 Å². The van der Waals surface area contributed by atoms with Crippen LogP contribution in [0, 0.1) is 10.1 Å². The number of nitrogens with zero attached hydrogens (tertiary/aromatic N) is 1. The molecule has 9 nitrogen and oxygen atoms in total. The summed E-state index contributed by atoms with van der Waals surface area (Å²) >= 11 is 0. The van der Waals surface area contributed by atoms with Gasteiger partial charge in [-0.2, -0.15) is 0 Å². The first-order valence-corrected chi connectivity index (χ1v) is 4.08. The summed E-state index contributed by atoms with van der Waals surface area (Å²) in [7, 11) is 0. The molecule has 0 radical (unpaired) electrons. The van der Waals surface area contributed by atoms with E-state index in [1.165, 1.54) is 0 Å². The Morgan fingerprint density at radius 2 is 1.80 bits per heavy atom. The number of aliphatic hydroxyl groups excluding tert-OH is 4. The molecule has 1 aliphatic rings. The number of aliphatic hydroxyl groups is 4. The third kappa shape index (κ3) is 2.73. The molecule has 0 aliphatic carbocycles. The van der Waals surface area contributed by atoms with Gasteiger partial charge in [-0.3, -0.25) is 0 Å². The highest BCUT2D eigenvalue weighted by molar-refractivity contribution is 4.88. The van der Waals surface area contributed by atoms with Crippen molar-refractivity contribution in [3.8, 4) is 0 Å². The highest BCUT2D eigenvalue weighted by atomic mass is 17.0. The Labute approximate surface area is 83.6 Å². The normalized spacial score (nSPS) is 41.2. The summed E-state index contributed by atoms with van der Waals surface area (Å²) in [5.74, 6) is 0. The van der Waals surface area contributed by atoms with Gasteiger partial charge in [-0.1, -0.05) is 0 Å². The summed E-state index contributed by atoms with van der Waals surface area (Å²) < 4.78 is 4.60. The van der Waals surface area contributed by atoms with Crippen LogP contribution in [0.3, 0.4) is 0 Å². The van der Waals surface area contributed by atoms with Crippen molar-refractivity contribution in [3.05, 3.63) is 10.1 Å². The third-order valence-corrected chi connectivity index (χ3v) is 2.03. The first-order chi connectivity index (χ1) is 6.93. The van der Waals surface area contributed by atoms with Crippen LogP contribution in [0.1, 0.15) is 0 Å². The lowest BCUT2D eigenvalue weighted by Crippen LogP contribution is -2.58. The highest BCUT2D eigenvalue weighted by Crippen LogP contribution is 2.19. The number of hydrogen-bond donors (Lipinski definition) is 4. The van der Waals surface area contributed by atoms with Crippen LogP contribution in [0.4, 0.5) is 0 Å². The van der Waals surface area contributed by atoms with E-state index in [4.69, 9.17) is 10.2 Å². The zero-order valence-electron chi connectivity index (χ0n) is 7.46. The summed E-state index contributed by atoms with van der Waals surface area (Å²) in [6, 6.07) is 0. The molecule has 1 saturated heterocycles. The smallest absolute Gasteiger partial charge is 0.294 e. The van der Waals surface area contributed by atoms with Crippen LogP contribution in [0.15, 0.2) is 0 Å². The lowest BCUT2D eigenvalue weighted by molar-refractivity contribution is -0.760. The topological polar surface area (TPSA) is 143 Å². The summed E-state index contributed by atoms with van der Waals surface area (Å²) in [4.78, 5) is 13.8. The molecule has 0 spiro atoms. The minimum Gasteiger partial charge on any atom is -0.388 e. The fourth-order valence-corrected chi connectivity index (χ4v) is 1.20. The molecule has 9 heteroatoms. The molecule has 0 aromatic carbocycles. The predicted molar refractivity (Wildman–Crippen MR) is 41.8 cm³/mol. The largest absolute Gasteiger partial charge is 0.388 e. The molecular weight excluding hydrogens is 214 g/mol. The summed E-state index contributed by atoms with van der Waals surface area (Å²) in [5.41, 5.74) is 0. The van der Waals surface area contributed by atoms with Crippen LogP contribution in [0.5, 0.6) is 0 Å². The van der Waals surface area contributed by atoms with Crippen LogP contribution in [-0.2, 0) is 9.57 Å². The predicted octanol–water partition coefficient (Wildman–Crippen LogP) is -3.01. The van der Waals surface area contributed by atoms with E-state index in [0.29, 0.717) is 0 Å². The van der Waals surface area contributed by atoms with Gasteiger partial charge in [-0.15, -0.1) is 10.1 Å². The quantitative estimate of drug-likeness (QED) is 0.294. The minimum absolute atomic E-state index is 0.644. The fourth-order valence-electron chi connectivity index (χ4n) is 1.20. The van der Waals surface area contributed by atoms with Gasteiger partial charge in [0, 0.05) is 0 Å². The van der Waals surface area contributed by atoms with Crippen LogP contribution < -0.4 is 0 Å². The second-order valence-electron chi connectivity index (χ2n) is 3.06. The van der Waals surface area contributed by atoms with Crippen molar-refractivity contribution in [1.82, 2.24) is 0 Å². The maximum Gasteiger partial charge on any atom is 0.294 e. The average Bonchev–Trinajstić information content (AvgIpc) is 2.18. The SMILES string of the molecule is O=[N+]([O-])OC[C@H]1O[C@@H](O)[C@@H](O)[C@@H](O)[C@@H]1O. The van der Waals surface area contributed by atoms with E-state index in [1.54, 1.807) is 0 Å². The average molecular weight is 225 g/mol. The molecule has 1 heterocycles. The van der Waals surface area contributed by atoms with Crippen molar-refractivity contribution in [3.63, 3.8) is 0 Å². The van der Waals surface area contributed by atoms with E-state index in [-0.39, 0.29) is 0 Å². The molecule has 88 valence electrons. The van der Waals surface area contributed by atoms with Crippen LogP contribution >= 0.6 is 0 Å². The lowest BCUT2D eigenvalue weighted by Gasteiger charge is -2.37. The summed E-state index contributed by atoms with van der Waals surface area (Å²) in [5, 5.41) is 45.3. The van der Waals surface area contributed by atoms with Gasteiger partial charge in [0.25, 0.3) is 5.09 Å². The maximum atomic E-state index is 9.85.